The Morgan fingerprint density at radius 3 is 2.52 bits per heavy atom. The van der Waals surface area contributed by atoms with E-state index in [0.717, 1.165) is 0 Å². The summed E-state index contributed by atoms with van der Waals surface area (Å²) < 4.78 is 26.9. The van der Waals surface area contributed by atoms with E-state index in [1.807, 2.05) is 0 Å². The Balaban J connectivity index is 2.05. The van der Waals surface area contributed by atoms with Gasteiger partial charge in [0.2, 0.25) is 10.0 Å². The van der Waals surface area contributed by atoms with Crippen molar-refractivity contribution in [3.63, 3.8) is 0 Å². The van der Waals surface area contributed by atoms with E-state index in [0.29, 0.717) is 17.8 Å². The third-order valence-corrected chi connectivity index (χ3v) is 4.42. The highest BCUT2D eigenvalue weighted by Gasteiger charge is 2.14. The van der Waals surface area contributed by atoms with E-state index in [9.17, 15) is 13.2 Å². The van der Waals surface area contributed by atoms with Crippen molar-refractivity contribution in [1.29, 1.82) is 0 Å². The summed E-state index contributed by atoms with van der Waals surface area (Å²) in [6.45, 7) is 3.96. The molecule has 2 rings (SSSR count). The van der Waals surface area contributed by atoms with Crippen LogP contribution in [0.5, 0.6) is 0 Å². The monoisotopic (exact) mass is 331 g/mol. The van der Waals surface area contributed by atoms with Crippen LogP contribution in [0.1, 0.15) is 16.1 Å². The Hall–Kier alpha value is -2.51. The summed E-state index contributed by atoms with van der Waals surface area (Å²) in [6, 6.07) is 11.0. The van der Waals surface area contributed by atoms with Gasteiger partial charge in [-0.3, -0.25) is 9.78 Å². The van der Waals surface area contributed by atoms with Crippen LogP contribution in [-0.2, 0) is 16.6 Å². The molecule has 0 radical (unpaired) electrons. The predicted molar refractivity (Wildman–Crippen MR) is 87.2 cm³/mol. The molecule has 120 valence electrons. The summed E-state index contributed by atoms with van der Waals surface area (Å²) in [4.78, 5) is 15.9. The van der Waals surface area contributed by atoms with E-state index in [-0.39, 0.29) is 17.3 Å². The molecule has 0 spiro atoms. The molecule has 0 aliphatic carbocycles. The summed E-state index contributed by atoms with van der Waals surface area (Å²) in [7, 11) is -3.66. The van der Waals surface area contributed by atoms with Crippen molar-refractivity contribution >= 4 is 15.9 Å². The normalized spacial score (nSPS) is 11.0. The van der Waals surface area contributed by atoms with Crippen molar-refractivity contribution in [2.24, 2.45) is 0 Å². The van der Waals surface area contributed by atoms with Gasteiger partial charge in [0.05, 0.1) is 17.1 Å². The molecule has 0 aliphatic rings. The molecular formula is C16H17N3O3S. The molecule has 0 saturated heterocycles. The number of benzene rings is 1. The van der Waals surface area contributed by atoms with E-state index < -0.39 is 10.0 Å². The summed E-state index contributed by atoms with van der Waals surface area (Å²) in [5, 5.41) is 2.62. The molecule has 1 amide bonds. The smallest absolute Gasteiger partial charge is 0.251 e. The number of carbonyl (C=O) groups is 1. The van der Waals surface area contributed by atoms with Crippen LogP contribution in [0.15, 0.2) is 66.2 Å². The van der Waals surface area contributed by atoms with Gasteiger partial charge in [0, 0.05) is 18.3 Å². The third kappa shape index (κ3) is 4.73. The van der Waals surface area contributed by atoms with Gasteiger partial charge in [-0.15, -0.1) is 6.58 Å². The molecule has 0 bridgehead atoms. The molecular weight excluding hydrogens is 314 g/mol. The molecule has 1 aromatic carbocycles. The van der Waals surface area contributed by atoms with Crippen LogP contribution in [0.4, 0.5) is 0 Å². The highest BCUT2D eigenvalue weighted by molar-refractivity contribution is 7.89. The second-order valence-electron chi connectivity index (χ2n) is 4.67. The van der Waals surface area contributed by atoms with Crippen LogP contribution in [0.25, 0.3) is 0 Å². The van der Waals surface area contributed by atoms with Crippen LogP contribution < -0.4 is 10.0 Å². The Labute approximate surface area is 135 Å². The number of nitrogens with zero attached hydrogens (tertiary/aromatic N) is 1. The second kappa shape index (κ2) is 7.66. The fourth-order valence-corrected chi connectivity index (χ4v) is 2.81. The van der Waals surface area contributed by atoms with Crippen molar-refractivity contribution < 1.29 is 13.2 Å². The Morgan fingerprint density at radius 1 is 1.17 bits per heavy atom. The van der Waals surface area contributed by atoms with Crippen LogP contribution in [0, 0.1) is 0 Å². The SMILES string of the molecule is C=CCNC(=O)c1ccc(S(=O)(=O)NCc2ccccn2)cc1. The van der Waals surface area contributed by atoms with E-state index in [1.54, 1.807) is 30.5 Å². The van der Waals surface area contributed by atoms with Gasteiger partial charge in [-0.25, -0.2) is 13.1 Å². The van der Waals surface area contributed by atoms with Gasteiger partial charge in [0.15, 0.2) is 0 Å². The minimum absolute atomic E-state index is 0.0914. The lowest BCUT2D eigenvalue weighted by Gasteiger charge is -2.07. The fourth-order valence-electron chi connectivity index (χ4n) is 1.81. The topological polar surface area (TPSA) is 88.2 Å². The zero-order valence-electron chi connectivity index (χ0n) is 12.4. The molecule has 1 aromatic heterocycles. The van der Waals surface area contributed by atoms with Crippen LogP contribution in [0.3, 0.4) is 0 Å². The first-order chi connectivity index (χ1) is 11.0. The van der Waals surface area contributed by atoms with E-state index in [2.05, 4.69) is 21.6 Å². The average Bonchev–Trinajstić information content (AvgIpc) is 2.59. The number of rotatable bonds is 7. The molecule has 2 aromatic rings. The highest BCUT2D eigenvalue weighted by atomic mass is 32.2. The molecule has 0 unspecified atom stereocenters. The molecule has 0 atom stereocenters. The lowest BCUT2D eigenvalue weighted by Crippen LogP contribution is -2.25. The first-order valence-corrected chi connectivity index (χ1v) is 8.40. The van der Waals surface area contributed by atoms with Gasteiger partial charge in [-0.2, -0.15) is 0 Å². The number of aromatic nitrogens is 1. The van der Waals surface area contributed by atoms with Gasteiger partial charge in [-0.05, 0) is 36.4 Å². The zero-order chi connectivity index (χ0) is 16.7. The summed E-state index contributed by atoms with van der Waals surface area (Å²) >= 11 is 0. The molecule has 0 saturated carbocycles. The molecule has 6 nitrogen and oxygen atoms in total. The van der Waals surface area contributed by atoms with Gasteiger partial charge in [-0.1, -0.05) is 12.1 Å². The Kier molecular flexibility index (Phi) is 5.61. The molecule has 1 heterocycles. The van der Waals surface area contributed by atoms with Crippen molar-refractivity contribution in [2.75, 3.05) is 6.54 Å². The third-order valence-electron chi connectivity index (χ3n) is 3.00. The quantitative estimate of drug-likeness (QED) is 0.752. The number of nitrogens with one attached hydrogen (secondary N) is 2. The van der Waals surface area contributed by atoms with Crippen LogP contribution in [0.2, 0.25) is 0 Å². The molecule has 0 aliphatic heterocycles. The second-order valence-corrected chi connectivity index (χ2v) is 6.44. The Bertz CT molecular complexity index is 772. The molecule has 2 N–H and O–H groups in total. The van der Waals surface area contributed by atoms with Crippen molar-refractivity contribution in [1.82, 2.24) is 15.0 Å². The maximum atomic E-state index is 12.2. The number of hydrogen-bond acceptors (Lipinski definition) is 4. The average molecular weight is 331 g/mol. The maximum absolute atomic E-state index is 12.2. The van der Waals surface area contributed by atoms with Crippen LogP contribution >= 0.6 is 0 Å². The Morgan fingerprint density at radius 2 is 1.91 bits per heavy atom. The summed E-state index contributed by atoms with van der Waals surface area (Å²) in [6.07, 6.45) is 3.17. The number of amides is 1. The molecule has 7 heteroatoms. The van der Waals surface area contributed by atoms with Crippen molar-refractivity contribution in [2.45, 2.75) is 11.4 Å². The fraction of sp³-hybridized carbons (Fsp3) is 0.125. The molecule has 0 fully saturated rings. The minimum Gasteiger partial charge on any atom is -0.349 e. The van der Waals surface area contributed by atoms with E-state index >= 15 is 0 Å². The van der Waals surface area contributed by atoms with Crippen molar-refractivity contribution in [3.8, 4) is 0 Å². The standard InChI is InChI=1S/C16H17N3O3S/c1-2-10-18-16(20)13-6-8-15(9-7-13)23(21,22)19-12-14-5-3-4-11-17-14/h2-9,11,19H,1,10,12H2,(H,18,20). The molecule has 23 heavy (non-hydrogen) atoms. The van der Waals surface area contributed by atoms with Crippen LogP contribution in [-0.4, -0.2) is 25.9 Å². The number of carbonyl (C=O) groups excluding carboxylic acids is 1. The summed E-state index contributed by atoms with van der Waals surface area (Å²) in [5.74, 6) is -0.282. The summed E-state index contributed by atoms with van der Waals surface area (Å²) in [5.41, 5.74) is 1.01. The first kappa shape index (κ1) is 16.9. The lowest BCUT2D eigenvalue weighted by atomic mass is 10.2. The predicted octanol–water partition coefficient (Wildman–Crippen LogP) is 1.48. The number of hydrogen-bond donors (Lipinski definition) is 2. The maximum Gasteiger partial charge on any atom is 0.251 e. The highest BCUT2D eigenvalue weighted by Crippen LogP contribution is 2.11. The number of pyridine rings is 1. The van der Waals surface area contributed by atoms with Crippen molar-refractivity contribution in [3.05, 3.63) is 72.6 Å². The van der Waals surface area contributed by atoms with Gasteiger partial charge in [0.1, 0.15) is 0 Å². The lowest BCUT2D eigenvalue weighted by molar-refractivity contribution is 0.0958. The first-order valence-electron chi connectivity index (χ1n) is 6.91. The number of sulfonamides is 1. The van der Waals surface area contributed by atoms with Gasteiger partial charge >= 0.3 is 0 Å². The largest absolute Gasteiger partial charge is 0.349 e. The van der Waals surface area contributed by atoms with Gasteiger partial charge < -0.3 is 5.32 Å². The zero-order valence-corrected chi connectivity index (χ0v) is 13.2. The van der Waals surface area contributed by atoms with E-state index in [4.69, 9.17) is 0 Å². The van der Waals surface area contributed by atoms with E-state index in [1.165, 1.54) is 24.3 Å². The van der Waals surface area contributed by atoms with Gasteiger partial charge in [0.25, 0.3) is 5.91 Å². The minimum atomic E-state index is -3.66.